The maximum absolute atomic E-state index is 11.6. The zero-order valence-electron chi connectivity index (χ0n) is 18.9. The van der Waals surface area contributed by atoms with E-state index in [0.29, 0.717) is 31.1 Å². The van der Waals surface area contributed by atoms with Crippen molar-refractivity contribution in [3.05, 3.63) is 78.4 Å². The number of ether oxygens (including phenoxy) is 4. The Kier molecular flexibility index (Phi) is 8.70. The first-order chi connectivity index (χ1) is 15.6. The molecule has 0 saturated carbocycles. The summed E-state index contributed by atoms with van der Waals surface area (Å²) in [4.78, 5) is 11.6. The lowest BCUT2D eigenvalue weighted by atomic mass is 10.0. The molecule has 5 nitrogen and oxygen atoms in total. The zero-order valence-corrected chi connectivity index (χ0v) is 18.9. The van der Waals surface area contributed by atoms with Crippen LogP contribution in [0.3, 0.4) is 0 Å². The van der Waals surface area contributed by atoms with Crippen molar-refractivity contribution >= 4 is 5.78 Å². The average Bonchev–Trinajstić information content (AvgIpc) is 2.83. The average molecular weight is 435 g/mol. The molecular formula is C27H30O5. The first-order valence-electron chi connectivity index (χ1n) is 10.7. The fourth-order valence-corrected chi connectivity index (χ4v) is 3.37. The van der Waals surface area contributed by atoms with E-state index < -0.39 is 6.10 Å². The monoisotopic (exact) mass is 434 g/mol. The Morgan fingerprint density at radius 3 is 2.16 bits per heavy atom. The van der Waals surface area contributed by atoms with E-state index in [1.807, 2.05) is 48.5 Å². The lowest BCUT2D eigenvalue weighted by molar-refractivity contribution is -0.126. The van der Waals surface area contributed by atoms with E-state index in [1.54, 1.807) is 14.2 Å². The van der Waals surface area contributed by atoms with Crippen LogP contribution >= 0.6 is 0 Å². The number of carbonyl (C=O) groups is 1. The van der Waals surface area contributed by atoms with Crippen molar-refractivity contribution in [1.82, 2.24) is 0 Å². The van der Waals surface area contributed by atoms with Crippen molar-refractivity contribution in [2.75, 3.05) is 27.4 Å². The van der Waals surface area contributed by atoms with Gasteiger partial charge in [0.05, 0.1) is 20.3 Å². The molecule has 0 aliphatic rings. The van der Waals surface area contributed by atoms with Gasteiger partial charge in [-0.2, -0.15) is 0 Å². The lowest BCUT2D eigenvalue weighted by Crippen LogP contribution is -2.22. The van der Waals surface area contributed by atoms with Gasteiger partial charge in [-0.3, -0.25) is 4.79 Å². The minimum atomic E-state index is -0.453. The molecule has 0 unspecified atom stereocenters. The highest BCUT2D eigenvalue weighted by Gasteiger charge is 2.15. The summed E-state index contributed by atoms with van der Waals surface area (Å²) in [5.41, 5.74) is 3.31. The molecule has 5 heteroatoms. The molecule has 0 aromatic heterocycles. The molecule has 3 aromatic rings. The lowest BCUT2D eigenvalue weighted by Gasteiger charge is -2.15. The Labute approximate surface area is 189 Å². The Bertz CT molecular complexity index is 983. The van der Waals surface area contributed by atoms with Crippen molar-refractivity contribution in [2.24, 2.45) is 0 Å². The standard InChI is InChI=1S/C27H30O5/c1-20(28)26(29-2)18-21-10-15-25(27(19-21)30-3)32-17-7-16-31-24-13-11-23(12-14-24)22-8-5-4-6-9-22/h4-6,8-15,19,26H,7,16-18H2,1-3H3/t26-/m0/s1. The third-order valence-corrected chi connectivity index (χ3v) is 5.16. The van der Waals surface area contributed by atoms with Crippen LogP contribution in [-0.2, 0) is 16.0 Å². The van der Waals surface area contributed by atoms with Gasteiger partial charge in [0.15, 0.2) is 17.3 Å². The normalized spacial score (nSPS) is 11.6. The number of hydrogen-bond donors (Lipinski definition) is 0. The van der Waals surface area contributed by atoms with Crippen LogP contribution in [0.2, 0.25) is 0 Å². The predicted molar refractivity (Wildman–Crippen MR) is 126 cm³/mol. The molecule has 168 valence electrons. The van der Waals surface area contributed by atoms with Gasteiger partial charge in [0, 0.05) is 20.0 Å². The Hall–Kier alpha value is -3.31. The molecule has 3 rings (SSSR count). The Morgan fingerprint density at radius 2 is 1.50 bits per heavy atom. The molecule has 0 N–H and O–H groups in total. The van der Waals surface area contributed by atoms with Crippen molar-refractivity contribution in [3.8, 4) is 28.4 Å². The van der Waals surface area contributed by atoms with Gasteiger partial charge in [0.2, 0.25) is 0 Å². The number of carbonyl (C=O) groups excluding carboxylic acids is 1. The number of ketones is 1. The van der Waals surface area contributed by atoms with Crippen LogP contribution in [0.5, 0.6) is 17.2 Å². The quantitative estimate of drug-likeness (QED) is 0.359. The number of methoxy groups -OCH3 is 2. The SMILES string of the molecule is COc1cc(C[C@H](OC)C(C)=O)ccc1OCCCOc1ccc(-c2ccccc2)cc1. The number of Topliss-reactive ketones (excluding diaryl/α,β-unsaturated/α-hetero) is 1. The van der Waals surface area contributed by atoms with Gasteiger partial charge in [-0.15, -0.1) is 0 Å². The molecule has 0 saturated heterocycles. The Morgan fingerprint density at radius 1 is 0.812 bits per heavy atom. The second-order valence-corrected chi connectivity index (χ2v) is 7.47. The maximum Gasteiger partial charge on any atom is 0.161 e. The van der Waals surface area contributed by atoms with Gasteiger partial charge in [-0.05, 0) is 47.9 Å². The summed E-state index contributed by atoms with van der Waals surface area (Å²) >= 11 is 0. The maximum atomic E-state index is 11.6. The van der Waals surface area contributed by atoms with Gasteiger partial charge >= 0.3 is 0 Å². The van der Waals surface area contributed by atoms with Gasteiger partial charge < -0.3 is 18.9 Å². The van der Waals surface area contributed by atoms with Crippen molar-refractivity contribution < 1.29 is 23.7 Å². The zero-order chi connectivity index (χ0) is 22.8. The highest BCUT2D eigenvalue weighted by molar-refractivity contribution is 5.80. The van der Waals surface area contributed by atoms with Crippen LogP contribution < -0.4 is 14.2 Å². The van der Waals surface area contributed by atoms with E-state index in [0.717, 1.165) is 23.3 Å². The molecule has 1 atom stereocenters. The van der Waals surface area contributed by atoms with Crippen LogP contribution in [0.15, 0.2) is 72.8 Å². The molecule has 0 spiro atoms. The van der Waals surface area contributed by atoms with Gasteiger partial charge in [0.1, 0.15) is 11.9 Å². The van der Waals surface area contributed by atoms with E-state index >= 15 is 0 Å². The highest BCUT2D eigenvalue weighted by atomic mass is 16.5. The largest absolute Gasteiger partial charge is 0.493 e. The van der Waals surface area contributed by atoms with Crippen LogP contribution in [-0.4, -0.2) is 39.3 Å². The summed E-state index contributed by atoms with van der Waals surface area (Å²) < 4.78 is 22.4. The number of benzene rings is 3. The second-order valence-electron chi connectivity index (χ2n) is 7.47. The fourth-order valence-electron chi connectivity index (χ4n) is 3.37. The number of rotatable bonds is 12. The highest BCUT2D eigenvalue weighted by Crippen LogP contribution is 2.29. The molecule has 0 amide bonds. The first-order valence-corrected chi connectivity index (χ1v) is 10.7. The van der Waals surface area contributed by atoms with Gasteiger partial charge in [-0.1, -0.05) is 48.5 Å². The first kappa shape index (κ1) is 23.4. The molecule has 0 fully saturated rings. The van der Waals surface area contributed by atoms with Crippen molar-refractivity contribution in [2.45, 2.75) is 25.9 Å². The van der Waals surface area contributed by atoms with Crippen molar-refractivity contribution in [1.29, 1.82) is 0 Å². The smallest absolute Gasteiger partial charge is 0.161 e. The van der Waals surface area contributed by atoms with Crippen LogP contribution in [0.4, 0.5) is 0 Å². The molecule has 0 bridgehead atoms. The van der Waals surface area contributed by atoms with E-state index in [9.17, 15) is 4.79 Å². The minimum Gasteiger partial charge on any atom is -0.493 e. The van der Waals surface area contributed by atoms with Crippen LogP contribution in [0.25, 0.3) is 11.1 Å². The van der Waals surface area contributed by atoms with Gasteiger partial charge in [-0.25, -0.2) is 0 Å². The molecule has 0 heterocycles. The van der Waals surface area contributed by atoms with E-state index in [1.165, 1.54) is 12.5 Å². The molecule has 0 aliphatic carbocycles. The summed E-state index contributed by atoms with van der Waals surface area (Å²) in [7, 11) is 3.15. The molecular weight excluding hydrogens is 404 g/mol. The van der Waals surface area contributed by atoms with E-state index in [-0.39, 0.29) is 5.78 Å². The topological polar surface area (TPSA) is 54.0 Å². The molecule has 0 radical (unpaired) electrons. The second kappa shape index (κ2) is 11.9. The third kappa shape index (κ3) is 6.59. The molecule has 0 aliphatic heterocycles. The molecule has 3 aromatic carbocycles. The van der Waals surface area contributed by atoms with Crippen LogP contribution in [0.1, 0.15) is 18.9 Å². The molecule has 32 heavy (non-hydrogen) atoms. The van der Waals surface area contributed by atoms with Crippen molar-refractivity contribution in [3.63, 3.8) is 0 Å². The number of hydrogen-bond acceptors (Lipinski definition) is 5. The van der Waals surface area contributed by atoms with E-state index in [4.69, 9.17) is 18.9 Å². The third-order valence-electron chi connectivity index (χ3n) is 5.16. The minimum absolute atomic E-state index is 0.00139. The fraction of sp³-hybridized carbons (Fsp3) is 0.296. The van der Waals surface area contributed by atoms with Crippen LogP contribution in [0, 0.1) is 0 Å². The summed E-state index contributed by atoms with van der Waals surface area (Å²) in [6.45, 7) is 2.59. The summed E-state index contributed by atoms with van der Waals surface area (Å²) in [6.07, 6.45) is 0.784. The predicted octanol–water partition coefficient (Wildman–Crippen LogP) is 5.36. The van der Waals surface area contributed by atoms with E-state index in [2.05, 4.69) is 24.3 Å². The Balaban J connectivity index is 1.45. The summed E-state index contributed by atoms with van der Waals surface area (Å²) in [5, 5.41) is 0. The summed E-state index contributed by atoms with van der Waals surface area (Å²) in [6, 6.07) is 24.0. The van der Waals surface area contributed by atoms with Gasteiger partial charge in [0.25, 0.3) is 0 Å². The summed E-state index contributed by atoms with van der Waals surface area (Å²) in [5.74, 6) is 2.14.